The number of aromatic nitrogens is 3. The molecule has 0 radical (unpaired) electrons. The number of sulfonamides is 1. The first-order valence-corrected chi connectivity index (χ1v) is 15.6. The molecule has 204 valence electrons. The first kappa shape index (κ1) is 25.9. The van der Waals surface area contributed by atoms with Crippen LogP contribution in [0.25, 0.3) is 0 Å². The van der Waals surface area contributed by atoms with E-state index in [1.807, 2.05) is 6.20 Å². The lowest BCUT2D eigenvalue weighted by atomic mass is 10.1. The van der Waals surface area contributed by atoms with Gasteiger partial charge in [0.05, 0.1) is 24.3 Å². The third-order valence-corrected chi connectivity index (χ3v) is 11.6. The van der Waals surface area contributed by atoms with Crippen molar-refractivity contribution in [3.8, 4) is 0 Å². The first-order chi connectivity index (χ1) is 18.4. The Hall–Kier alpha value is -2.38. The Labute approximate surface area is 227 Å². The third kappa shape index (κ3) is 5.12. The van der Waals surface area contributed by atoms with Crippen LogP contribution < -0.4 is 4.90 Å². The number of halogens is 1. The molecule has 0 aliphatic carbocycles. The average Bonchev–Trinajstić information content (AvgIpc) is 3.70. The number of thiazole rings is 1. The molecule has 3 aromatic rings. The zero-order valence-corrected chi connectivity index (χ0v) is 23.2. The van der Waals surface area contributed by atoms with E-state index in [1.54, 1.807) is 22.8 Å². The van der Waals surface area contributed by atoms with Crippen molar-refractivity contribution in [2.45, 2.75) is 42.6 Å². The Morgan fingerprint density at radius 3 is 2.63 bits per heavy atom. The molecule has 12 heteroatoms. The molecular weight excluding hydrogens is 525 g/mol. The highest BCUT2D eigenvalue weighted by Gasteiger charge is 2.34. The molecule has 0 N–H and O–H groups in total. The lowest BCUT2D eigenvalue weighted by Gasteiger charge is -2.37. The summed E-state index contributed by atoms with van der Waals surface area (Å²) in [4.78, 5) is 15.9. The van der Waals surface area contributed by atoms with Crippen LogP contribution in [0.4, 0.5) is 9.52 Å². The van der Waals surface area contributed by atoms with Crippen molar-refractivity contribution in [3.63, 3.8) is 0 Å². The Morgan fingerprint density at radius 1 is 1.05 bits per heavy atom. The van der Waals surface area contributed by atoms with Gasteiger partial charge >= 0.3 is 0 Å². The van der Waals surface area contributed by atoms with Gasteiger partial charge in [0.2, 0.25) is 0 Å². The summed E-state index contributed by atoms with van der Waals surface area (Å²) in [6.07, 6.45) is 7.66. The van der Waals surface area contributed by atoms with E-state index in [0.29, 0.717) is 43.0 Å². The van der Waals surface area contributed by atoms with Gasteiger partial charge in [-0.2, -0.15) is 4.31 Å². The van der Waals surface area contributed by atoms with Crippen molar-refractivity contribution in [2.75, 3.05) is 57.3 Å². The maximum atomic E-state index is 13.4. The molecule has 3 fully saturated rings. The van der Waals surface area contributed by atoms with E-state index in [-0.39, 0.29) is 11.9 Å². The second kappa shape index (κ2) is 10.6. The smallest absolute Gasteiger partial charge is 0.254 e. The Bertz CT molecular complexity index is 1350. The molecule has 9 nitrogen and oxygen atoms in total. The zero-order valence-electron chi connectivity index (χ0n) is 21.6. The van der Waals surface area contributed by atoms with E-state index in [0.717, 1.165) is 36.0 Å². The number of imidazole rings is 1. The van der Waals surface area contributed by atoms with Crippen LogP contribution in [0.2, 0.25) is 0 Å². The molecule has 1 aromatic carbocycles. The fourth-order valence-electron chi connectivity index (χ4n) is 5.87. The molecule has 38 heavy (non-hydrogen) atoms. The summed E-state index contributed by atoms with van der Waals surface area (Å²) in [6, 6.07) is 7.13. The number of rotatable bonds is 7. The van der Waals surface area contributed by atoms with Crippen LogP contribution in [0, 0.1) is 5.82 Å². The standard InChI is InChI=1S/C26H34FN7O2S2/c1-20(21-4-6-22(27)7-5-21)34-19-28-15-24(34)17-30-9-13-33(14-10-30)38(35,36)25-16-29-26(37-25)32-12-11-31-8-2-3-23(31)18-32/h4-7,15-16,19-20,23H,2-3,8-14,17-18H2,1H3. The van der Waals surface area contributed by atoms with Crippen LogP contribution >= 0.6 is 11.3 Å². The number of hydrogen-bond acceptors (Lipinski definition) is 8. The summed E-state index contributed by atoms with van der Waals surface area (Å²) < 4.78 is 44.2. The van der Waals surface area contributed by atoms with Crippen molar-refractivity contribution >= 4 is 26.5 Å². The summed E-state index contributed by atoms with van der Waals surface area (Å²) in [5, 5.41) is 0.817. The lowest BCUT2D eigenvalue weighted by molar-refractivity contribution is 0.178. The predicted octanol–water partition coefficient (Wildman–Crippen LogP) is 2.88. The van der Waals surface area contributed by atoms with Crippen molar-refractivity contribution in [1.29, 1.82) is 0 Å². The van der Waals surface area contributed by atoms with E-state index in [1.165, 1.54) is 49.1 Å². The maximum absolute atomic E-state index is 13.4. The van der Waals surface area contributed by atoms with Crippen LogP contribution in [-0.4, -0.2) is 95.5 Å². The largest absolute Gasteiger partial charge is 0.345 e. The van der Waals surface area contributed by atoms with Crippen molar-refractivity contribution < 1.29 is 12.8 Å². The highest BCUT2D eigenvalue weighted by molar-refractivity contribution is 7.91. The summed E-state index contributed by atoms with van der Waals surface area (Å²) >= 11 is 1.30. The van der Waals surface area contributed by atoms with Crippen LogP contribution in [0.1, 0.15) is 37.1 Å². The van der Waals surface area contributed by atoms with Crippen molar-refractivity contribution in [2.24, 2.45) is 0 Å². The minimum absolute atomic E-state index is 0.0203. The Morgan fingerprint density at radius 2 is 1.84 bits per heavy atom. The van der Waals surface area contributed by atoms with Crippen molar-refractivity contribution in [1.82, 2.24) is 28.6 Å². The molecule has 3 aliphatic rings. The molecule has 0 spiro atoms. The molecule has 0 bridgehead atoms. The number of nitrogens with zero attached hydrogens (tertiary/aromatic N) is 7. The van der Waals surface area contributed by atoms with E-state index in [9.17, 15) is 12.8 Å². The van der Waals surface area contributed by atoms with Gasteiger partial charge in [-0.25, -0.2) is 22.8 Å². The number of anilines is 1. The Kier molecular flexibility index (Phi) is 7.25. The van der Waals surface area contributed by atoms with E-state index in [2.05, 4.69) is 36.2 Å². The van der Waals surface area contributed by atoms with Gasteiger partial charge in [0.15, 0.2) is 9.34 Å². The number of fused-ring (bicyclic) bond motifs is 1. The van der Waals surface area contributed by atoms with Gasteiger partial charge in [0.25, 0.3) is 10.0 Å². The number of benzene rings is 1. The van der Waals surface area contributed by atoms with Crippen LogP contribution in [0.3, 0.4) is 0 Å². The minimum Gasteiger partial charge on any atom is -0.345 e. The first-order valence-electron chi connectivity index (χ1n) is 13.3. The molecule has 2 unspecified atom stereocenters. The summed E-state index contributed by atoms with van der Waals surface area (Å²) in [5.41, 5.74) is 2.06. The second-order valence-corrected chi connectivity index (χ2v) is 13.6. The fourth-order valence-corrected chi connectivity index (χ4v) is 8.60. The van der Waals surface area contributed by atoms with Crippen LogP contribution in [-0.2, 0) is 16.6 Å². The molecule has 3 saturated heterocycles. The molecule has 5 heterocycles. The topological polar surface area (TPSA) is 77.8 Å². The number of piperazine rings is 2. The molecular formula is C26H34FN7O2S2. The SMILES string of the molecule is CC(c1ccc(F)cc1)n1cncc1CN1CCN(S(=O)(=O)c2cnc(N3CCN4CCCC4C3)s2)CC1. The van der Waals surface area contributed by atoms with Gasteiger partial charge in [-0.3, -0.25) is 9.80 Å². The van der Waals surface area contributed by atoms with Gasteiger partial charge in [0, 0.05) is 64.6 Å². The summed E-state index contributed by atoms with van der Waals surface area (Å²) in [6.45, 7) is 8.95. The maximum Gasteiger partial charge on any atom is 0.254 e. The van der Waals surface area contributed by atoms with Crippen LogP contribution in [0.15, 0.2) is 47.2 Å². The molecule has 0 amide bonds. The van der Waals surface area contributed by atoms with Crippen LogP contribution in [0.5, 0.6) is 0 Å². The molecule has 6 rings (SSSR count). The fraction of sp³-hybridized carbons (Fsp3) is 0.538. The second-order valence-electron chi connectivity index (χ2n) is 10.4. The predicted molar refractivity (Wildman–Crippen MR) is 145 cm³/mol. The highest BCUT2D eigenvalue weighted by Crippen LogP contribution is 2.32. The minimum atomic E-state index is -3.57. The van der Waals surface area contributed by atoms with E-state index >= 15 is 0 Å². The molecule has 2 atom stereocenters. The summed E-state index contributed by atoms with van der Waals surface area (Å²) in [7, 11) is -3.57. The van der Waals surface area contributed by atoms with Gasteiger partial charge in [-0.05, 0) is 44.0 Å². The summed E-state index contributed by atoms with van der Waals surface area (Å²) in [5.74, 6) is -0.249. The van der Waals surface area contributed by atoms with Gasteiger partial charge < -0.3 is 9.47 Å². The monoisotopic (exact) mass is 559 g/mol. The lowest BCUT2D eigenvalue weighted by Crippen LogP contribution is -2.50. The number of hydrogen-bond donors (Lipinski definition) is 0. The van der Waals surface area contributed by atoms with E-state index < -0.39 is 10.0 Å². The normalized spacial score (nSPS) is 22.6. The van der Waals surface area contributed by atoms with E-state index in [4.69, 9.17) is 0 Å². The highest BCUT2D eigenvalue weighted by atomic mass is 32.2. The third-order valence-electron chi connectivity index (χ3n) is 8.16. The molecule has 3 aliphatic heterocycles. The van der Waals surface area contributed by atoms with Crippen molar-refractivity contribution in [3.05, 3.63) is 60.1 Å². The average molecular weight is 560 g/mol. The van der Waals surface area contributed by atoms with Gasteiger partial charge in [0.1, 0.15) is 5.82 Å². The quantitative estimate of drug-likeness (QED) is 0.441. The molecule has 2 aromatic heterocycles. The van der Waals surface area contributed by atoms with Gasteiger partial charge in [-0.15, -0.1) is 0 Å². The molecule has 0 saturated carbocycles. The zero-order chi connectivity index (χ0) is 26.3. The van der Waals surface area contributed by atoms with Gasteiger partial charge in [-0.1, -0.05) is 23.5 Å². The Balaban J connectivity index is 1.06.